The van der Waals surface area contributed by atoms with Crippen LogP contribution in [0.15, 0.2) is 24.4 Å². The van der Waals surface area contributed by atoms with Crippen molar-refractivity contribution in [2.45, 2.75) is 19.4 Å². The molecule has 1 rings (SSSR count). The summed E-state index contributed by atoms with van der Waals surface area (Å²) in [5.41, 5.74) is 1.06. The fourth-order valence-electron chi connectivity index (χ4n) is 1.10. The average molecular weight is 174 g/mol. The molecule has 13 heavy (non-hydrogen) atoms. The molecule has 1 N–H and O–H groups in total. The van der Waals surface area contributed by atoms with Crippen LogP contribution >= 0.6 is 0 Å². The van der Waals surface area contributed by atoms with Crippen molar-refractivity contribution in [3.05, 3.63) is 30.1 Å². The van der Waals surface area contributed by atoms with Crippen molar-refractivity contribution < 1.29 is 0 Å². The number of nitrogens with zero attached hydrogens (tertiary/aromatic N) is 1. The molecule has 0 saturated carbocycles. The van der Waals surface area contributed by atoms with Crippen molar-refractivity contribution in [1.29, 1.82) is 0 Å². The van der Waals surface area contributed by atoms with Crippen LogP contribution in [0.4, 0.5) is 0 Å². The van der Waals surface area contributed by atoms with Gasteiger partial charge in [0.15, 0.2) is 0 Å². The summed E-state index contributed by atoms with van der Waals surface area (Å²) in [5, 5.41) is 3.29. The minimum Gasteiger partial charge on any atom is -0.308 e. The fourth-order valence-corrected chi connectivity index (χ4v) is 1.10. The van der Waals surface area contributed by atoms with E-state index in [0.29, 0.717) is 0 Å². The Kier molecular flexibility index (Phi) is 4.01. The lowest BCUT2D eigenvalue weighted by Crippen LogP contribution is -2.20. The third-order valence-corrected chi connectivity index (χ3v) is 1.85. The molecule has 0 aliphatic carbocycles. The third kappa shape index (κ3) is 3.27. The Morgan fingerprint density at radius 3 is 3.08 bits per heavy atom. The van der Waals surface area contributed by atoms with Crippen LogP contribution in [0.5, 0.6) is 0 Å². The Bertz CT molecular complexity index is 274. The van der Waals surface area contributed by atoms with Crippen molar-refractivity contribution in [3.63, 3.8) is 0 Å². The zero-order valence-corrected chi connectivity index (χ0v) is 7.83. The van der Waals surface area contributed by atoms with E-state index in [-0.39, 0.29) is 6.04 Å². The summed E-state index contributed by atoms with van der Waals surface area (Å²) < 4.78 is 0. The molecule has 0 bridgehead atoms. The van der Waals surface area contributed by atoms with Crippen molar-refractivity contribution in [1.82, 2.24) is 10.3 Å². The van der Waals surface area contributed by atoms with Gasteiger partial charge in [-0.2, -0.15) is 0 Å². The molecule has 0 aliphatic rings. The van der Waals surface area contributed by atoms with E-state index in [4.69, 9.17) is 6.42 Å². The first kappa shape index (κ1) is 9.76. The molecule has 1 aromatic heterocycles. The molecule has 0 saturated heterocycles. The number of hydrogen-bond donors (Lipinski definition) is 1. The van der Waals surface area contributed by atoms with Gasteiger partial charge in [-0.25, -0.2) is 0 Å². The van der Waals surface area contributed by atoms with Gasteiger partial charge in [0.25, 0.3) is 0 Å². The lowest BCUT2D eigenvalue weighted by molar-refractivity contribution is 0.571. The minimum atomic E-state index is 0.273. The number of rotatable bonds is 4. The zero-order valence-electron chi connectivity index (χ0n) is 7.83. The van der Waals surface area contributed by atoms with Gasteiger partial charge in [0.2, 0.25) is 0 Å². The smallest absolute Gasteiger partial charge is 0.0570 e. The van der Waals surface area contributed by atoms with E-state index < -0.39 is 0 Å². The van der Waals surface area contributed by atoms with Crippen LogP contribution in [0.1, 0.15) is 25.1 Å². The van der Waals surface area contributed by atoms with Gasteiger partial charge in [0.1, 0.15) is 0 Å². The molecule has 0 fully saturated rings. The first-order valence-electron chi connectivity index (χ1n) is 4.42. The highest BCUT2D eigenvalue weighted by atomic mass is 14.9. The predicted molar refractivity (Wildman–Crippen MR) is 54.1 cm³/mol. The molecule has 0 spiro atoms. The first-order valence-corrected chi connectivity index (χ1v) is 4.42. The van der Waals surface area contributed by atoms with Crippen LogP contribution in [-0.4, -0.2) is 11.5 Å². The Hall–Kier alpha value is -1.33. The third-order valence-electron chi connectivity index (χ3n) is 1.85. The maximum absolute atomic E-state index is 5.15. The number of aromatic nitrogens is 1. The summed E-state index contributed by atoms with van der Waals surface area (Å²) in [5.74, 6) is 2.59. The van der Waals surface area contributed by atoms with Gasteiger partial charge < -0.3 is 5.32 Å². The second-order valence-electron chi connectivity index (χ2n) is 2.88. The lowest BCUT2D eigenvalue weighted by atomic mass is 10.2. The Morgan fingerprint density at radius 1 is 1.62 bits per heavy atom. The van der Waals surface area contributed by atoms with Crippen molar-refractivity contribution >= 4 is 0 Å². The summed E-state index contributed by atoms with van der Waals surface area (Å²) in [6.45, 7) is 2.92. The Balaban J connectivity index is 2.41. The molecule has 1 heterocycles. The summed E-state index contributed by atoms with van der Waals surface area (Å²) in [6, 6.07) is 6.18. The number of hydrogen-bond acceptors (Lipinski definition) is 2. The maximum Gasteiger partial charge on any atom is 0.0570 e. The van der Waals surface area contributed by atoms with Gasteiger partial charge in [-0.1, -0.05) is 6.07 Å². The summed E-state index contributed by atoms with van der Waals surface area (Å²) in [4.78, 5) is 4.24. The Morgan fingerprint density at radius 2 is 2.46 bits per heavy atom. The second-order valence-corrected chi connectivity index (χ2v) is 2.88. The molecule has 0 aromatic carbocycles. The molecular weight excluding hydrogens is 160 g/mol. The SMILES string of the molecule is C#CCCNC(C)c1ccccn1. The molecule has 68 valence electrons. The largest absolute Gasteiger partial charge is 0.308 e. The molecule has 1 aromatic rings. The first-order chi connectivity index (χ1) is 6.34. The van der Waals surface area contributed by atoms with Gasteiger partial charge in [-0.3, -0.25) is 4.98 Å². The average Bonchev–Trinajstić information content (AvgIpc) is 2.19. The van der Waals surface area contributed by atoms with Crippen LogP contribution in [0.25, 0.3) is 0 Å². The number of pyridine rings is 1. The van der Waals surface area contributed by atoms with E-state index >= 15 is 0 Å². The summed E-state index contributed by atoms with van der Waals surface area (Å²) >= 11 is 0. The van der Waals surface area contributed by atoms with Gasteiger partial charge in [-0.05, 0) is 19.1 Å². The van der Waals surface area contributed by atoms with Crippen LogP contribution in [0.3, 0.4) is 0 Å². The number of terminal acetylenes is 1. The van der Waals surface area contributed by atoms with E-state index in [0.717, 1.165) is 18.7 Å². The quantitative estimate of drug-likeness (QED) is 0.555. The van der Waals surface area contributed by atoms with Crippen LogP contribution in [0, 0.1) is 12.3 Å². The Labute approximate surface area is 79.4 Å². The topological polar surface area (TPSA) is 24.9 Å². The molecule has 1 atom stereocenters. The van der Waals surface area contributed by atoms with Crippen LogP contribution in [-0.2, 0) is 0 Å². The summed E-state index contributed by atoms with van der Waals surface area (Å²) in [7, 11) is 0. The van der Waals surface area contributed by atoms with E-state index in [2.05, 4.69) is 23.1 Å². The molecular formula is C11H14N2. The van der Waals surface area contributed by atoms with Crippen molar-refractivity contribution in [2.75, 3.05) is 6.54 Å². The second kappa shape index (κ2) is 5.34. The zero-order chi connectivity index (χ0) is 9.52. The molecule has 0 amide bonds. The van der Waals surface area contributed by atoms with E-state index in [1.54, 1.807) is 6.20 Å². The van der Waals surface area contributed by atoms with Gasteiger partial charge in [-0.15, -0.1) is 12.3 Å². The highest BCUT2D eigenvalue weighted by molar-refractivity contribution is 5.07. The van der Waals surface area contributed by atoms with Gasteiger partial charge in [0.05, 0.1) is 5.69 Å². The molecule has 0 radical (unpaired) electrons. The van der Waals surface area contributed by atoms with Gasteiger partial charge in [0, 0.05) is 25.2 Å². The molecule has 0 aliphatic heterocycles. The predicted octanol–water partition coefficient (Wildman–Crippen LogP) is 1.76. The summed E-state index contributed by atoms with van der Waals surface area (Å²) in [6.07, 6.45) is 7.71. The standard InChI is InChI=1S/C11H14N2/c1-3-4-8-12-10(2)11-7-5-6-9-13-11/h1,5-7,9-10,12H,4,8H2,2H3. The van der Waals surface area contributed by atoms with Crippen molar-refractivity contribution in [2.24, 2.45) is 0 Å². The molecule has 2 nitrogen and oxygen atoms in total. The van der Waals surface area contributed by atoms with E-state index in [1.807, 2.05) is 18.2 Å². The van der Waals surface area contributed by atoms with Crippen molar-refractivity contribution in [3.8, 4) is 12.3 Å². The van der Waals surface area contributed by atoms with E-state index in [1.165, 1.54) is 0 Å². The fraction of sp³-hybridized carbons (Fsp3) is 0.364. The van der Waals surface area contributed by atoms with Crippen LogP contribution in [0.2, 0.25) is 0 Å². The molecule has 2 heteroatoms. The molecule has 1 unspecified atom stereocenters. The lowest BCUT2D eigenvalue weighted by Gasteiger charge is -2.11. The normalized spacial score (nSPS) is 12.0. The van der Waals surface area contributed by atoms with E-state index in [9.17, 15) is 0 Å². The highest BCUT2D eigenvalue weighted by Crippen LogP contribution is 2.06. The minimum absolute atomic E-state index is 0.273. The number of nitrogens with one attached hydrogen (secondary N) is 1. The van der Waals surface area contributed by atoms with Crippen LogP contribution < -0.4 is 5.32 Å². The maximum atomic E-state index is 5.15. The van der Waals surface area contributed by atoms with Gasteiger partial charge >= 0.3 is 0 Å². The highest BCUT2D eigenvalue weighted by Gasteiger charge is 2.03. The monoisotopic (exact) mass is 174 g/mol.